The molecule has 0 bridgehead atoms. The molecule has 2 atom stereocenters. The number of hydrogen-bond donors (Lipinski definition) is 1. The number of amides is 1. The number of aryl methyl sites for hydroxylation is 1. The van der Waals surface area contributed by atoms with E-state index in [2.05, 4.69) is 24.4 Å². The summed E-state index contributed by atoms with van der Waals surface area (Å²) in [6.07, 6.45) is 5.33. The van der Waals surface area contributed by atoms with E-state index in [9.17, 15) is 4.79 Å². The molecule has 1 aliphatic heterocycles. The van der Waals surface area contributed by atoms with Crippen molar-refractivity contribution in [1.29, 1.82) is 0 Å². The van der Waals surface area contributed by atoms with Gasteiger partial charge in [-0.3, -0.25) is 10.1 Å². The summed E-state index contributed by atoms with van der Waals surface area (Å²) in [7, 11) is 0. The molecule has 2 fully saturated rings. The Bertz CT molecular complexity index is 466. The van der Waals surface area contributed by atoms with Gasteiger partial charge in [0.15, 0.2) is 0 Å². The maximum atomic E-state index is 12.3. The van der Waals surface area contributed by atoms with Gasteiger partial charge >= 0.3 is 0 Å². The highest BCUT2D eigenvalue weighted by Gasteiger charge is 2.37. The molecule has 4 heteroatoms. The Morgan fingerprint density at radius 3 is 2.84 bits per heavy atom. The highest BCUT2D eigenvalue weighted by atomic mass is 32.1. The van der Waals surface area contributed by atoms with Gasteiger partial charge in [0.05, 0.1) is 6.04 Å². The second kappa shape index (κ2) is 5.25. The average molecular weight is 278 g/mol. The zero-order chi connectivity index (χ0) is 13.4. The second-order valence-corrected chi connectivity index (χ2v) is 7.18. The molecule has 1 amide bonds. The fourth-order valence-corrected chi connectivity index (χ4v) is 3.76. The second-order valence-electron chi connectivity index (χ2n) is 5.86. The van der Waals surface area contributed by atoms with Gasteiger partial charge in [-0.2, -0.15) is 0 Å². The number of thiophene rings is 1. The number of carbonyl (C=O) groups is 1. The molecule has 3 rings (SSSR count). The summed E-state index contributed by atoms with van der Waals surface area (Å²) in [5.41, 5.74) is 0. The lowest BCUT2D eigenvalue weighted by Crippen LogP contribution is -2.31. The van der Waals surface area contributed by atoms with Crippen molar-refractivity contribution in [3.8, 4) is 0 Å². The van der Waals surface area contributed by atoms with E-state index >= 15 is 0 Å². The van der Waals surface area contributed by atoms with Crippen molar-refractivity contribution in [2.75, 3.05) is 6.54 Å². The highest BCUT2D eigenvalue weighted by molar-refractivity contribution is 7.12. The lowest BCUT2D eigenvalue weighted by atomic mass is 10.2. The Hall–Kier alpha value is -0.870. The highest BCUT2D eigenvalue weighted by Crippen LogP contribution is 2.35. The van der Waals surface area contributed by atoms with Crippen LogP contribution in [-0.4, -0.2) is 23.4 Å². The largest absolute Gasteiger partial charge is 0.321 e. The van der Waals surface area contributed by atoms with E-state index in [1.165, 1.54) is 29.0 Å². The summed E-state index contributed by atoms with van der Waals surface area (Å²) >= 11 is 1.79. The van der Waals surface area contributed by atoms with Gasteiger partial charge < -0.3 is 4.90 Å². The first-order valence-electron chi connectivity index (χ1n) is 7.28. The van der Waals surface area contributed by atoms with Crippen molar-refractivity contribution in [3.05, 3.63) is 21.9 Å². The molecule has 1 saturated heterocycles. The molecule has 19 heavy (non-hydrogen) atoms. The van der Waals surface area contributed by atoms with Crippen LogP contribution in [0.5, 0.6) is 0 Å². The van der Waals surface area contributed by atoms with Crippen LogP contribution in [0.25, 0.3) is 0 Å². The molecule has 0 spiro atoms. The van der Waals surface area contributed by atoms with Crippen molar-refractivity contribution < 1.29 is 4.79 Å². The van der Waals surface area contributed by atoms with Crippen LogP contribution in [-0.2, 0) is 4.79 Å². The van der Waals surface area contributed by atoms with Gasteiger partial charge in [-0.15, -0.1) is 11.3 Å². The Balaban J connectivity index is 1.67. The van der Waals surface area contributed by atoms with Crippen LogP contribution in [0.15, 0.2) is 12.1 Å². The monoisotopic (exact) mass is 278 g/mol. The van der Waals surface area contributed by atoms with Crippen molar-refractivity contribution in [1.82, 2.24) is 10.2 Å². The Morgan fingerprint density at radius 2 is 2.21 bits per heavy atom. The van der Waals surface area contributed by atoms with Gasteiger partial charge in [-0.25, -0.2) is 0 Å². The van der Waals surface area contributed by atoms with Crippen LogP contribution < -0.4 is 5.32 Å². The number of hydrogen-bond acceptors (Lipinski definition) is 3. The quantitative estimate of drug-likeness (QED) is 0.898. The number of nitrogens with zero attached hydrogens (tertiary/aromatic N) is 1. The third-order valence-electron chi connectivity index (χ3n) is 4.11. The normalized spacial score (nSPS) is 27.3. The van der Waals surface area contributed by atoms with Crippen molar-refractivity contribution in [3.63, 3.8) is 0 Å². The zero-order valence-corrected chi connectivity index (χ0v) is 12.5. The first-order valence-corrected chi connectivity index (χ1v) is 8.09. The van der Waals surface area contributed by atoms with Crippen molar-refractivity contribution in [2.24, 2.45) is 5.92 Å². The minimum absolute atomic E-state index is 0.0478. The summed E-state index contributed by atoms with van der Waals surface area (Å²) in [5, 5.41) is 3.42. The maximum absolute atomic E-state index is 12.3. The Morgan fingerprint density at radius 1 is 1.42 bits per heavy atom. The van der Waals surface area contributed by atoms with Crippen LogP contribution in [0.4, 0.5) is 0 Å². The van der Waals surface area contributed by atoms with Crippen molar-refractivity contribution in [2.45, 2.75) is 51.7 Å². The molecular formula is C15H22N2OS. The number of carbonyl (C=O) groups excluding carboxylic acids is 1. The first kappa shape index (κ1) is 13.1. The summed E-state index contributed by atoms with van der Waals surface area (Å²) in [5.74, 6) is 1.21. The van der Waals surface area contributed by atoms with Gasteiger partial charge in [0.1, 0.15) is 6.17 Å². The molecule has 0 radical (unpaired) electrons. The zero-order valence-electron chi connectivity index (χ0n) is 11.7. The third-order valence-corrected chi connectivity index (χ3v) is 5.17. The van der Waals surface area contributed by atoms with Gasteiger partial charge in [0, 0.05) is 16.3 Å². The third kappa shape index (κ3) is 2.84. The number of rotatable bonds is 5. The van der Waals surface area contributed by atoms with Crippen LogP contribution >= 0.6 is 11.3 Å². The van der Waals surface area contributed by atoms with E-state index in [0.29, 0.717) is 0 Å². The fourth-order valence-electron chi connectivity index (χ4n) is 2.81. The van der Waals surface area contributed by atoms with Gasteiger partial charge in [-0.1, -0.05) is 12.8 Å². The van der Waals surface area contributed by atoms with Crippen LogP contribution in [0.1, 0.15) is 48.5 Å². The molecule has 1 N–H and O–H groups in total. The molecule has 1 aromatic heterocycles. The van der Waals surface area contributed by atoms with E-state index in [-0.39, 0.29) is 18.1 Å². The van der Waals surface area contributed by atoms with E-state index in [4.69, 9.17) is 0 Å². The summed E-state index contributed by atoms with van der Waals surface area (Å²) < 4.78 is 0. The number of nitrogens with one attached hydrogen (secondary N) is 1. The Labute approximate surface area is 119 Å². The van der Waals surface area contributed by atoms with E-state index in [0.717, 1.165) is 18.9 Å². The standard InChI is InChI=1S/C15H22N2OS/c1-10-5-8-13(19-10)14-16-11(2)15(18)17(14)9-3-4-12-6-7-12/h5,8,11-12,14,16H,3-4,6-7,9H2,1-2H3. The smallest absolute Gasteiger partial charge is 0.241 e. The van der Waals surface area contributed by atoms with Crippen LogP contribution in [0.3, 0.4) is 0 Å². The lowest BCUT2D eigenvalue weighted by Gasteiger charge is -2.23. The molecule has 2 unspecified atom stereocenters. The van der Waals surface area contributed by atoms with E-state index in [1.54, 1.807) is 11.3 Å². The summed E-state index contributed by atoms with van der Waals surface area (Å²) in [4.78, 5) is 16.9. The lowest BCUT2D eigenvalue weighted by molar-refractivity contribution is -0.129. The SMILES string of the molecule is Cc1ccc(C2NC(C)C(=O)N2CCCC2CC2)s1. The van der Waals surface area contributed by atoms with E-state index < -0.39 is 0 Å². The fraction of sp³-hybridized carbons (Fsp3) is 0.667. The molecule has 1 aromatic rings. The molecule has 0 aromatic carbocycles. The minimum atomic E-state index is -0.0478. The molecule has 104 valence electrons. The minimum Gasteiger partial charge on any atom is -0.321 e. The summed E-state index contributed by atoms with van der Waals surface area (Å²) in [6.45, 7) is 4.98. The maximum Gasteiger partial charge on any atom is 0.241 e. The molecule has 2 heterocycles. The molecule has 3 nitrogen and oxygen atoms in total. The van der Waals surface area contributed by atoms with Crippen LogP contribution in [0.2, 0.25) is 0 Å². The van der Waals surface area contributed by atoms with E-state index in [1.807, 2.05) is 11.8 Å². The molecular weight excluding hydrogens is 256 g/mol. The van der Waals surface area contributed by atoms with Crippen LogP contribution in [0, 0.1) is 12.8 Å². The van der Waals surface area contributed by atoms with Gasteiger partial charge in [0.25, 0.3) is 0 Å². The average Bonchev–Trinajstić information content (AvgIpc) is 3.04. The summed E-state index contributed by atoms with van der Waals surface area (Å²) in [6, 6.07) is 4.24. The van der Waals surface area contributed by atoms with Crippen molar-refractivity contribution >= 4 is 17.2 Å². The van der Waals surface area contributed by atoms with Gasteiger partial charge in [0.2, 0.25) is 5.91 Å². The molecule has 2 aliphatic rings. The molecule has 1 saturated carbocycles. The topological polar surface area (TPSA) is 32.3 Å². The predicted molar refractivity (Wildman–Crippen MR) is 78.1 cm³/mol. The Kier molecular flexibility index (Phi) is 3.63. The first-order chi connectivity index (χ1) is 9.15. The van der Waals surface area contributed by atoms with Gasteiger partial charge in [-0.05, 0) is 44.7 Å². The molecule has 1 aliphatic carbocycles. The predicted octanol–water partition coefficient (Wildman–Crippen LogP) is 3.07.